The molecule has 190 valence electrons. The summed E-state index contributed by atoms with van der Waals surface area (Å²) in [5.41, 5.74) is 2.21. The quantitative estimate of drug-likeness (QED) is 0.599. The van der Waals surface area contributed by atoms with Crippen molar-refractivity contribution in [2.24, 2.45) is 17.8 Å². The summed E-state index contributed by atoms with van der Waals surface area (Å²) in [7, 11) is -3.82. The average Bonchev–Trinajstić information content (AvgIpc) is 2.81. The Morgan fingerprint density at radius 1 is 1.20 bits per heavy atom. The molecule has 0 saturated carbocycles. The fourth-order valence-electron chi connectivity index (χ4n) is 5.13. The molecule has 1 aromatic carbocycles. The number of piperidine rings is 1. The van der Waals surface area contributed by atoms with Gasteiger partial charge in [0.25, 0.3) is 0 Å². The number of amides is 1. The first-order chi connectivity index (χ1) is 16.6. The zero-order valence-corrected chi connectivity index (χ0v) is 21.5. The second-order valence-corrected chi connectivity index (χ2v) is 12.3. The lowest BCUT2D eigenvalue weighted by Gasteiger charge is -2.30. The van der Waals surface area contributed by atoms with Crippen molar-refractivity contribution in [3.8, 4) is 0 Å². The number of carboxylic acid groups (broad SMARTS) is 1. The zero-order valence-electron chi connectivity index (χ0n) is 20.7. The Balaban J connectivity index is 1.56. The van der Waals surface area contributed by atoms with E-state index in [4.69, 9.17) is 0 Å². The van der Waals surface area contributed by atoms with E-state index in [1.54, 1.807) is 6.07 Å². The number of hydrogen-bond donors (Lipinski definition) is 2. The Kier molecular flexibility index (Phi) is 7.47. The first-order valence-corrected chi connectivity index (χ1v) is 14.0. The van der Waals surface area contributed by atoms with Crippen LogP contribution >= 0.6 is 0 Å². The third-order valence-electron chi connectivity index (χ3n) is 7.27. The number of aromatic nitrogens is 1. The van der Waals surface area contributed by atoms with Crippen LogP contribution in [-0.2, 0) is 27.7 Å². The molecule has 1 aliphatic carbocycles. The van der Waals surface area contributed by atoms with Gasteiger partial charge in [-0.3, -0.25) is 9.78 Å². The van der Waals surface area contributed by atoms with E-state index in [2.05, 4.69) is 31.1 Å². The van der Waals surface area contributed by atoms with Gasteiger partial charge in [0.2, 0.25) is 15.9 Å². The lowest BCUT2D eigenvalue weighted by molar-refractivity contribution is -0.126. The highest BCUT2D eigenvalue weighted by Crippen LogP contribution is 2.33. The molecule has 9 heteroatoms. The summed E-state index contributed by atoms with van der Waals surface area (Å²) in [6.07, 6.45) is 4.16. The van der Waals surface area contributed by atoms with E-state index in [9.17, 15) is 23.1 Å². The lowest BCUT2D eigenvalue weighted by atomic mass is 9.84. The van der Waals surface area contributed by atoms with Crippen LogP contribution in [0.2, 0.25) is 0 Å². The Morgan fingerprint density at radius 3 is 2.57 bits per heavy atom. The lowest BCUT2D eigenvalue weighted by Crippen LogP contribution is -2.43. The second kappa shape index (κ2) is 10.2. The fraction of sp³-hybridized carbons (Fsp3) is 0.577. The number of nitrogens with one attached hydrogen (secondary N) is 1. The monoisotopic (exact) mass is 501 g/mol. The molecule has 4 rings (SSSR count). The van der Waals surface area contributed by atoms with E-state index in [0.29, 0.717) is 48.5 Å². The van der Waals surface area contributed by atoms with Crippen molar-refractivity contribution in [2.45, 2.75) is 64.2 Å². The number of benzene rings is 1. The van der Waals surface area contributed by atoms with E-state index >= 15 is 0 Å². The molecule has 2 N–H and O–H groups in total. The summed E-state index contributed by atoms with van der Waals surface area (Å²) >= 11 is 0. The molecule has 2 heterocycles. The molecular formula is C26H35N3O5S. The van der Waals surface area contributed by atoms with Gasteiger partial charge in [0.05, 0.1) is 16.0 Å². The van der Waals surface area contributed by atoms with E-state index in [-0.39, 0.29) is 35.4 Å². The molecule has 1 amide bonds. The maximum absolute atomic E-state index is 13.4. The molecule has 0 bridgehead atoms. The summed E-state index contributed by atoms with van der Waals surface area (Å²) in [5, 5.41) is 13.3. The number of aryl methyl sites for hydroxylation is 1. The number of rotatable bonds is 7. The van der Waals surface area contributed by atoms with Crippen LogP contribution in [0.3, 0.4) is 0 Å². The number of fused-ring (bicyclic) bond motifs is 2. The summed E-state index contributed by atoms with van der Waals surface area (Å²) in [5.74, 6) is -0.390. The number of pyridine rings is 1. The Bertz CT molecular complexity index is 1230. The van der Waals surface area contributed by atoms with Gasteiger partial charge in [-0.05, 0) is 74.1 Å². The SMILES string of the molecule is CC(C)CCNC(=O)C1CCN(S(=O)(=O)c2ccc3nc4c(c(C(=O)O)c3c2)C[C@H](C)CC4)CC1. The molecule has 0 radical (unpaired) electrons. The minimum Gasteiger partial charge on any atom is -0.478 e. The molecule has 2 aliphatic rings. The van der Waals surface area contributed by atoms with Crippen molar-refractivity contribution in [3.05, 3.63) is 35.0 Å². The van der Waals surface area contributed by atoms with Crippen LogP contribution in [-0.4, -0.2) is 54.3 Å². The molecule has 1 aliphatic heterocycles. The van der Waals surface area contributed by atoms with Gasteiger partial charge in [0.1, 0.15) is 0 Å². The van der Waals surface area contributed by atoms with Crippen LogP contribution < -0.4 is 5.32 Å². The minimum atomic E-state index is -3.82. The number of carbonyl (C=O) groups excluding carboxylic acids is 1. The van der Waals surface area contributed by atoms with Crippen LogP contribution in [0.15, 0.2) is 23.1 Å². The van der Waals surface area contributed by atoms with E-state index in [1.807, 2.05) is 0 Å². The Labute approximate surface area is 207 Å². The zero-order chi connectivity index (χ0) is 25.3. The smallest absolute Gasteiger partial charge is 0.336 e. The highest BCUT2D eigenvalue weighted by atomic mass is 32.2. The summed E-state index contributed by atoms with van der Waals surface area (Å²) in [4.78, 5) is 29.4. The largest absolute Gasteiger partial charge is 0.478 e. The van der Waals surface area contributed by atoms with E-state index in [1.165, 1.54) is 16.4 Å². The predicted molar refractivity (Wildman–Crippen MR) is 134 cm³/mol. The third-order valence-corrected chi connectivity index (χ3v) is 9.16. The maximum atomic E-state index is 13.4. The first kappa shape index (κ1) is 25.6. The van der Waals surface area contributed by atoms with Crippen LogP contribution in [0, 0.1) is 17.8 Å². The molecular weight excluding hydrogens is 466 g/mol. The molecule has 1 fully saturated rings. The summed E-state index contributed by atoms with van der Waals surface area (Å²) < 4.78 is 28.3. The first-order valence-electron chi connectivity index (χ1n) is 12.5. The van der Waals surface area contributed by atoms with Crippen molar-refractivity contribution in [1.82, 2.24) is 14.6 Å². The van der Waals surface area contributed by atoms with Crippen molar-refractivity contribution in [3.63, 3.8) is 0 Å². The van der Waals surface area contributed by atoms with Gasteiger partial charge < -0.3 is 10.4 Å². The van der Waals surface area contributed by atoms with Gasteiger partial charge in [-0.25, -0.2) is 13.2 Å². The molecule has 0 unspecified atom stereocenters. The maximum Gasteiger partial charge on any atom is 0.336 e. The normalized spacial score (nSPS) is 19.6. The van der Waals surface area contributed by atoms with Crippen LogP contribution in [0.5, 0.6) is 0 Å². The highest BCUT2D eigenvalue weighted by molar-refractivity contribution is 7.89. The minimum absolute atomic E-state index is 0.00965. The van der Waals surface area contributed by atoms with Gasteiger partial charge in [-0.15, -0.1) is 0 Å². The van der Waals surface area contributed by atoms with Gasteiger partial charge in [0.15, 0.2) is 0 Å². The van der Waals surface area contributed by atoms with Crippen molar-refractivity contribution in [1.29, 1.82) is 0 Å². The molecule has 1 aromatic heterocycles. The molecule has 0 spiro atoms. The number of hydrogen-bond acceptors (Lipinski definition) is 5. The van der Waals surface area contributed by atoms with Gasteiger partial charge in [-0.1, -0.05) is 20.8 Å². The predicted octanol–water partition coefficient (Wildman–Crippen LogP) is 3.62. The van der Waals surface area contributed by atoms with Crippen molar-refractivity contribution < 1.29 is 23.1 Å². The Morgan fingerprint density at radius 2 is 1.91 bits per heavy atom. The second-order valence-electron chi connectivity index (χ2n) is 10.4. The number of sulfonamides is 1. The number of carboxylic acids is 1. The molecule has 35 heavy (non-hydrogen) atoms. The van der Waals surface area contributed by atoms with E-state index in [0.717, 1.165) is 30.5 Å². The highest BCUT2D eigenvalue weighted by Gasteiger charge is 2.33. The molecule has 2 aromatic rings. The molecule has 8 nitrogen and oxygen atoms in total. The Hall–Kier alpha value is -2.52. The summed E-state index contributed by atoms with van der Waals surface area (Å²) in [6.45, 7) is 7.45. The van der Waals surface area contributed by atoms with Crippen molar-refractivity contribution in [2.75, 3.05) is 19.6 Å². The van der Waals surface area contributed by atoms with Crippen LogP contribution in [0.4, 0.5) is 0 Å². The van der Waals surface area contributed by atoms with Crippen LogP contribution in [0.1, 0.15) is 68.1 Å². The molecule has 1 saturated heterocycles. The third kappa shape index (κ3) is 5.35. The number of carbonyl (C=O) groups is 2. The topological polar surface area (TPSA) is 117 Å². The number of aromatic carboxylic acids is 1. The fourth-order valence-corrected chi connectivity index (χ4v) is 6.63. The molecule has 1 atom stereocenters. The van der Waals surface area contributed by atoms with E-state index < -0.39 is 16.0 Å². The standard InChI is InChI=1S/C26H35N3O5S/c1-16(2)8-11-27-25(30)18-9-12-29(13-10-18)35(33,34)19-5-7-23-21(15-19)24(26(31)32)20-14-17(3)4-6-22(20)28-23/h5,7,15-18H,4,6,8-14H2,1-3H3,(H,27,30)(H,31,32)/t17-/m1/s1. The van der Waals surface area contributed by atoms with Gasteiger partial charge >= 0.3 is 5.97 Å². The van der Waals surface area contributed by atoms with Gasteiger partial charge in [-0.2, -0.15) is 4.31 Å². The van der Waals surface area contributed by atoms with Crippen molar-refractivity contribution >= 4 is 32.8 Å². The summed E-state index contributed by atoms with van der Waals surface area (Å²) in [6, 6.07) is 4.59. The van der Waals surface area contributed by atoms with Crippen LogP contribution in [0.25, 0.3) is 10.9 Å². The number of nitrogens with zero attached hydrogens (tertiary/aromatic N) is 2. The average molecular weight is 502 g/mol. The van der Waals surface area contributed by atoms with Gasteiger partial charge in [0, 0.05) is 36.6 Å².